The van der Waals surface area contributed by atoms with Crippen LogP contribution in [0, 0.1) is 17.3 Å². The molecule has 0 saturated carbocycles. The van der Waals surface area contributed by atoms with E-state index in [2.05, 4.69) is 13.8 Å². The molecule has 0 aromatic carbocycles. The van der Waals surface area contributed by atoms with Crippen LogP contribution in [0.25, 0.3) is 0 Å². The largest absolute Gasteiger partial charge is 0.466 e. The lowest BCUT2D eigenvalue weighted by atomic mass is 9.72. The molecule has 1 saturated heterocycles. The van der Waals surface area contributed by atoms with Crippen LogP contribution in [0.15, 0.2) is 0 Å². The number of hydrogen-bond acceptors (Lipinski definition) is 4. The lowest BCUT2D eigenvalue weighted by Crippen LogP contribution is -2.43. The van der Waals surface area contributed by atoms with Gasteiger partial charge in [-0.15, -0.1) is 0 Å². The van der Waals surface area contributed by atoms with E-state index < -0.39 is 5.41 Å². The molecule has 1 aliphatic rings. The summed E-state index contributed by atoms with van der Waals surface area (Å²) in [4.78, 5) is 12.4. The molecule has 19 heavy (non-hydrogen) atoms. The SMILES string of the molecule is CCOC(=O)C(CN)(CC(C)C)CC1CCOCC1. The standard InChI is InChI=1S/C15H29NO3/c1-4-19-14(17)15(11-16,9-12(2)3)10-13-5-7-18-8-6-13/h12-13H,4-11,16H2,1-3H3. The molecule has 1 fully saturated rings. The molecule has 0 aliphatic carbocycles. The quantitative estimate of drug-likeness (QED) is 0.722. The summed E-state index contributed by atoms with van der Waals surface area (Å²) in [5, 5.41) is 0. The van der Waals surface area contributed by atoms with Gasteiger partial charge in [0.15, 0.2) is 0 Å². The van der Waals surface area contributed by atoms with Gasteiger partial charge in [-0.3, -0.25) is 4.79 Å². The molecule has 112 valence electrons. The van der Waals surface area contributed by atoms with Crippen LogP contribution in [0.4, 0.5) is 0 Å². The number of ether oxygens (including phenoxy) is 2. The van der Waals surface area contributed by atoms with Gasteiger partial charge in [0.05, 0.1) is 12.0 Å². The molecular weight excluding hydrogens is 242 g/mol. The zero-order valence-electron chi connectivity index (χ0n) is 12.6. The monoisotopic (exact) mass is 271 g/mol. The van der Waals surface area contributed by atoms with Crippen molar-refractivity contribution in [2.75, 3.05) is 26.4 Å². The van der Waals surface area contributed by atoms with Crippen molar-refractivity contribution in [3.8, 4) is 0 Å². The average Bonchev–Trinajstić information content (AvgIpc) is 2.38. The fourth-order valence-corrected chi connectivity index (χ4v) is 3.07. The molecular formula is C15H29NO3. The van der Waals surface area contributed by atoms with Crippen molar-refractivity contribution in [1.29, 1.82) is 0 Å². The van der Waals surface area contributed by atoms with Gasteiger partial charge in [-0.2, -0.15) is 0 Å². The van der Waals surface area contributed by atoms with E-state index in [4.69, 9.17) is 15.2 Å². The molecule has 0 amide bonds. The summed E-state index contributed by atoms with van der Waals surface area (Å²) < 4.78 is 10.7. The third-order valence-electron chi connectivity index (χ3n) is 3.92. The molecule has 1 heterocycles. The average molecular weight is 271 g/mol. The highest BCUT2D eigenvalue weighted by Crippen LogP contribution is 2.37. The summed E-state index contributed by atoms with van der Waals surface area (Å²) in [5.41, 5.74) is 5.46. The lowest BCUT2D eigenvalue weighted by molar-refractivity contribution is -0.157. The summed E-state index contributed by atoms with van der Waals surface area (Å²) in [6, 6.07) is 0. The van der Waals surface area contributed by atoms with Gasteiger partial charge in [0, 0.05) is 19.8 Å². The van der Waals surface area contributed by atoms with Gasteiger partial charge < -0.3 is 15.2 Å². The highest BCUT2D eigenvalue weighted by atomic mass is 16.5. The summed E-state index contributed by atoms with van der Waals surface area (Å²) in [5.74, 6) is 0.853. The molecule has 0 radical (unpaired) electrons. The summed E-state index contributed by atoms with van der Waals surface area (Å²) >= 11 is 0. The molecule has 4 nitrogen and oxygen atoms in total. The van der Waals surface area contributed by atoms with E-state index in [1.807, 2.05) is 6.92 Å². The first-order valence-electron chi connectivity index (χ1n) is 7.49. The minimum atomic E-state index is -0.508. The van der Waals surface area contributed by atoms with E-state index in [1.54, 1.807) is 0 Å². The maximum atomic E-state index is 12.4. The van der Waals surface area contributed by atoms with Crippen LogP contribution in [-0.4, -0.2) is 32.3 Å². The molecule has 0 aromatic heterocycles. The molecule has 0 bridgehead atoms. The zero-order valence-corrected chi connectivity index (χ0v) is 12.6. The zero-order chi connectivity index (χ0) is 14.3. The molecule has 0 aromatic rings. The molecule has 0 spiro atoms. The second-order valence-electron chi connectivity index (χ2n) is 6.06. The molecule has 1 aliphatic heterocycles. The van der Waals surface area contributed by atoms with Crippen molar-refractivity contribution in [2.24, 2.45) is 23.0 Å². The minimum Gasteiger partial charge on any atom is -0.466 e. The fraction of sp³-hybridized carbons (Fsp3) is 0.933. The van der Waals surface area contributed by atoms with Crippen molar-refractivity contribution in [3.05, 3.63) is 0 Å². The van der Waals surface area contributed by atoms with Crippen LogP contribution in [0.2, 0.25) is 0 Å². The van der Waals surface area contributed by atoms with Gasteiger partial charge in [-0.05, 0) is 44.4 Å². The van der Waals surface area contributed by atoms with Gasteiger partial charge in [0.1, 0.15) is 0 Å². The Morgan fingerprint density at radius 3 is 2.53 bits per heavy atom. The molecule has 4 heteroatoms. The van der Waals surface area contributed by atoms with Crippen LogP contribution in [0.3, 0.4) is 0 Å². The first kappa shape index (κ1) is 16.4. The minimum absolute atomic E-state index is 0.113. The molecule has 1 atom stereocenters. The third-order valence-corrected chi connectivity index (χ3v) is 3.92. The Morgan fingerprint density at radius 2 is 2.05 bits per heavy atom. The number of rotatable bonds is 7. The smallest absolute Gasteiger partial charge is 0.313 e. The second kappa shape index (κ2) is 7.85. The fourth-order valence-electron chi connectivity index (χ4n) is 3.07. The first-order chi connectivity index (χ1) is 9.04. The lowest BCUT2D eigenvalue weighted by Gasteiger charge is -2.36. The van der Waals surface area contributed by atoms with Crippen LogP contribution in [-0.2, 0) is 14.3 Å². The highest BCUT2D eigenvalue weighted by molar-refractivity contribution is 5.77. The first-order valence-corrected chi connectivity index (χ1v) is 7.49. The Balaban J connectivity index is 2.78. The predicted octanol–water partition coefficient (Wildman–Crippen LogP) is 2.36. The van der Waals surface area contributed by atoms with Gasteiger partial charge in [0.2, 0.25) is 0 Å². The van der Waals surface area contributed by atoms with Crippen molar-refractivity contribution < 1.29 is 14.3 Å². The number of esters is 1. The number of carbonyl (C=O) groups excluding carboxylic acids is 1. The second-order valence-corrected chi connectivity index (χ2v) is 6.06. The van der Waals surface area contributed by atoms with Gasteiger partial charge in [-0.25, -0.2) is 0 Å². The van der Waals surface area contributed by atoms with E-state index >= 15 is 0 Å². The Bertz CT molecular complexity index is 275. The van der Waals surface area contributed by atoms with E-state index in [-0.39, 0.29) is 5.97 Å². The Hall–Kier alpha value is -0.610. The van der Waals surface area contributed by atoms with Crippen molar-refractivity contribution in [1.82, 2.24) is 0 Å². The van der Waals surface area contributed by atoms with E-state index in [0.717, 1.165) is 38.9 Å². The predicted molar refractivity (Wildman–Crippen MR) is 75.7 cm³/mol. The normalized spacial score (nSPS) is 20.3. The van der Waals surface area contributed by atoms with Crippen molar-refractivity contribution >= 4 is 5.97 Å². The van der Waals surface area contributed by atoms with Gasteiger partial charge in [-0.1, -0.05) is 13.8 Å². The van der Waals surface area contributed by atoms with E-state index in [0.29, 0.717) is 25.0 Å². The van der Waals surface area contributed by atoms with Crippen LogP contribution in [0.1, 0.15) is 46.5 Å². The van der Waals surface area contributed by atoms with Crippen LogP contribution < -0.4 is 5.73 Å². The summed E-state index contributed by atoms with van der Waals surface area (Å²) in [6.07, 6.45) is 3.70. The topological polar surface area (TPSA) is 61.5 Å². The van der Waals surface area contributed by atoms with Crippen LogP contribution >= 0.6 is 0 Å². The Morgan fingerprint density at radius 1 is 1.42 bits per heavy atom. The number of carbonyl (C=O) groups is 1. The van der Waals surface area contributed by atoms with Gasteiger partial charge in [0.25, 0.3) is 0 Å². The number of nitrogens with two attached hydrogens (primary N) is 1. The maximum absolute atomic E-state index is 12.4. The van der Waals surface area contributed by atoms with Crippen LogP contribution in [0.5, 0.6) is 0 Å². The molecule has 1 unspecified atom stereocenters. The van der Waals surface area contributed by atoms with E-state index in [9.17, 15) is 4.79 Å². The number of hydrogen-bond donors (Lipinski definition) is 1. The summed E-state index contributed by atoms with van der Waals surface area (Å²) in [7, 11) is 0. The third kappa shape index (κ3) is 4.77. The van der Waals surface area contributed by atoms with Crippen molar-refractivity contribution in [3.63, 3.8) is 0 Å². The van der Waals surface area contributed by atoms with Gasteiger partial charge >= 0.3 is 5.97 Å². The van der Waals surface area contributed by atoms with Crippen molar-refractivity contribution in [2.45, 2.75) is 46.5 Å². The summed E-state index contributed by atoms with van der Waals surface area (Å²) in [6.45, 7) is 8.52. The highest BCUT2D eigenvalue weighted by Gasteiger charge is 2.41. The maximum Gasteiger partial charge on any atom is 0.313 e. The Labute approximate surface area is 117 Å². The molecule has 1 rings (SSSR count). The molecule has 2 N–H and O–H groups in total. The van der Waals surface area contributed by atoms with E-state index in [1.165, 1.54) is 0 Å². The Kier molecular flexibility index (Phi) is 6.80.